The fourth-order valence-electron chi connectivity index (χ4n) is 0.464. The van der Waals surface area contributed by atoms with Crippen LogP contribution in [0.1, 0.15) is 0 Å². The molecular weight excluding hydrogens is 116 g/mol. The number of halogens is 2. The van der Waals surface area contributed by atoms with Crippen LogP contribution in [0.15, 0.2) is 0 Å². The maximum absolute atomic E-state index is 11.7. The Morgan fingerprint density at radius 3 is 2.00 bits per heavy atom. The molecule has 0 spiro atoms. The summed E-state index contributed by atoms with van der Waals surface area (Å²) in [5.41, 5.74) is 3.74. The van der Waals surface area contributed by atoms with E-state index in [1.165, 1.54) is 0 Å². The zero-order chi connectivity index (χ0) is 6.20. The van der Waals surface area contributed by atoms with Gasteiger partial charge in [0.15, 0.2) is 0 Å². The Kier molecular flexibility index (Phi) is 1.21. The van der Waals surface area contributed by atoms with Gasteiger partial charge < -0.3 is 10.5 Å². The predicted octanol–water partition coefficient (Wildman–Crippen LogP) is -0.0208. The lowest BCUT2D eigenvalue weighted by molar-refractivity contribution is -0.125. The zero-order valence-corrected chi connectivity index (χ0v) is 4.23. The van der Waals surface area contributed by atoms with Gasteiger partial charge in [0.05, 0.1) is 13.2 Å². The number of hydrogen-bond donors (Lipinski definition) is 1. The van der Waals surface area contributed by atoms with Crippen molar-refractivity contribution in [2.45, 2.75) is 12.0 Å². The summed E-state index contributed by atoms with van der Waals surface area (Å²) in [6.45, 7) is -0.0185. The topological polar surface area (TPSA) is 35.2 Å². The molecule has 0 atom stereocenters. The largest absolute Gasteiger partial charge is 0.377 e. The van der Waals surface area contributed by atoms with Crippen LogP contribution in [0.25, 0.3) is 0 Å². The lowest BCUT2D eigenvalue weighted by atomic mass is 10.0. The number of rotatable bonds is 1. The van der Waals surface area contributed by atoms with E-state index in [1.54, 1.807) is 0 Å². The van der Waals surface area contributed by atoms with E-state index in [2.05, 4.69) is 4.74 Å². The average Bonchev–Trinajstić information content (AvgIpc) is 1.60. The highest BCUT2D eigenvalue weighted by Gasteiger charge is 2.43. The molecule has 1 fully saturated rings. The summed E-state index contributed by atoms with van der Waals surface area (Å²) in [6, 6.07) is 0. The van der Waals surface area contributed by atoms with Crippen molar-refractivity contribution in [2.24, 2.45) is 5.73 Å². The summed E-state index contributed by atoms with van der Waals surface area (Å²) < 4.78 is 27.8. The molecule has 0 amide bonds. The van der Waals surface area contributed by atoms with Crippen molar-refractivity contribution in [3.05, 3.63) is 0 Å². The normalized spacial score (nSPS) is 25.5. The van der Waals surface area contributed by atoms with Crippen molar-refractivity contribution < 1.29 is 13.5 Å². The molecule has 0 unspecified atom stereocenters. The molecule has 1 aliphatic heterocycles. The van der Waals surface area contributed by atoms with Crippen LogP contribution in [-0.2, 0) is 4.74 Å². The quantitative estimate of drug-likeness (QED) is 0.531. The zero-order valence-electron chi connectivity index (χ0n) is 4.23. The van der Waals surface area contributed by atoms with Crippen molar-refractivity contribution in [1.82, 2.24) is 0 Å². The smallest absolute Gasteiger partial charge is 0.260 e. The molecule has 48 valence electrons. The molecule has 1 saturated heterocycles. The standard InChI is InChI=1S/C4H7F2NO/c5-3(6)4(7)1-8-2-4/h3H,1-2,7H2. The first-order chi connectivity index (χ1) is 3.65. The Labute approximate surface area is 45.6 Å². The van der Waals surface area contributed by atoms with E-state index in [4.69, 9.17) is 5.73 Å². The predicted molar refractivity (Wildman–Crippen MR) is 23.7 cm³/mol. The van der Waals surface area contributed by atoms with Gasteiger partial charge in [0.1, 0.15) is 5.54 Å². The molecule has 4 heteroatoms. The Balaban J connectivity index is 2.41. The molecular formula is C4H7F2NO. The molecule has 1 aliphatic rings. The third-order valence-corrected chi connectivity index (χ3v) is 1.18. The molecule has 1 rings (SSSR count). The lowest BCUT2D eigenvalue weighted by Gasteiger charge is -2.36. The second-order valence-electron chi connectivity index (χ2n) is 2.03. The maximum atomic E-state index is 11.7. The van der Waals surface area contributed by atoms with Gasteiger partial charge in [-0.2, -0.15) is 0 Å². The van der Waals surface area contributed by atoms with Gasteiger partial charge in [0.2, 0.25) is 0 Å². The summed E-state index contributed by atoms with van der Waals surface area (Å²) in [6.07, 6.45) is -2.45. The summed E-state index contributed by atoms with van der Waals surface area (Å²) in [7, 11) is 0. The highest BCUT2D eigenvalue weighted by molar-refractivity contribution is 4.92. The highest BCUT2D eigenvalue weighted by atomic mass is 19.3. The van der Waals surface area contributed by atoms with Crippen molar-refractivity contribution in [3.8, 4) is 0 Å². The molecule has 0 aromatic heterocycles. The fourth-order valence-corrected chi connectivity index (χ4v) is 0.464. The van der Waals surface area contributed by atoms with Gasteiger partial charge in [0, 0.05) is 0 Å². The summed E-state index contributed by atoms with van der Waals surface area (Å²) in [5, 5.41) is 0. The van der Waals surface area contributed by atoms with Crippen LogP contribution in [0.3, 0.4) is 0 Å². The van der Waals surface area contributed by atoms with E-state index < -0.39 is 12.0 Å². The molecule has 1 heterocycles. The maximum Gasteiger partial charge on any atom is 0.260 e. The summed E-state index contributed by atoms with van der Waals surface area (Å²) in [4.78, 5) is 0. The Hall–Kier alpha value is -0.220. The second kappa shape index (κ2) is 1.63. The van der Waals surface area contributed by atoms with E-state index in [0.29, 0.717) is 0 Å². The molecule has 0 bridgehead atoms. The minimum Gasteiger partial charge on any atom is -0.377 e. The minimum absolute atomic E-state index is 0.00926. The van der Waals surface area contributed by atoms with E-state index in [9.17, 15) is 8.78 Å². The first-order valence-electron chi connectivity index (χ1n) is 2.30. The molecule has 8 heavy (non-hydrogen) atoms. The second-order valence-corrected chi connectivity index (χ2v) is 2.03. The van der Waals surface area contributed by atoms with Gasteiger partial charge in [-0.3, -0.25) is 0 Å². The van der Waals surface area contributed by atoms with E-state index in [0.717, 1.165) is 0 Å². The molecule has 0 radical (unpaired) electrons. The molecule has 2 N–H and O–H groups in total. The average molecular weight is 123 g/mol. The summed E-state index contributed by atoms with van der Waals surface area (Å²) >= 11 is 0. The Morgan fingerprint density at radius 1 is 1.50 bits per heavy atom. The van der Waals surface area contributed by atoms with Crippen LogP contribution >= 0.6 is 0 Å². The first-order valence-corrected chi connectivity index (χ1v) is 2.30. The number of nitrogens with two attached hydrogens (primary N) is 1. The van der Waals surface area contributed by atoms with E-state index in [1.807, 2.05) is 0 Å². The fraction of sp³-hybridized carbons (Fsp3) is 1.00. The SMILES string of the molecule is NC1(C(F)F)COC1. The van der Waals surface area contributed by atoms with Crippen molar-refractivity contribution in [1.29, 1.82) is 0 Å². The van der Waals surface area contributed by atoms with Gasteiger partial charge in [-0.1, -0.05) is 0 Å². The highest BCUT2D eigenvalue weighted by Crippen LogP contribution is 2.20. The third-order valence-electron chi connectivity index (χ3n) is 1.18. The number of alkyl halides is 2. The molecule has 0 aromatic rings. The van der Waals surface area contributed by atoms with Crippen LogP contribution in [0.5, 0.6) is 0 Å². The number of hydrogen-bond acceptors (Lipinski definition) is 2. The van der Waals surface area contributed by atoms with Gasteiger partial charge >= 0.3 is 0 Å². The molecule has 0 aromatic carbocycles. The van der Waals surface area contributed by atoms with Gasteiger partial charge in [-0.05, 0) is 0 Å². The minimum atomic E-state index is -2.45. The van der Waals surface area contributed by atoms with Crippen LogP contribution < -0.4 is 5.73 Å². The van der Waals surface area contributed by atoms with Crippen LogP contribution in [0.2, 0.25) is 0 Å². The Bertz CT molecular complexity index is 92.0. The Morgan fingerprint density at radius 2 is 2.00 bits per heavy atom. The van der Waals surface area contributed by atoms with Crippen LogP contribution in [0.4, 0.5) is 8.78 Å². The molecule has 2 nitrogen and oxygen atoms in total. The van der Waals surface area contributed by atoms with Crippen LogP contribution in [0, 0.1) is 0 Å². The van der Waals surface area contributed by atoms with E-state index >= 15 is 0 Å². The van der Waals surface area contributed by atoms with E-state index in [-0.39, 0.29) is 13.2 Å². The van der Waals surface area contributed by atoms with Gasteiger partial charge in [-0.25, -0.2) is 8.78 Å². The monoisotopic (exact) mass is 123 g/mol. The third kappa shape index (κ3) is 0.695. The van der Waals surface area contributed by atoms with Crippen molar-refractivity contribution in [2.75, 3.05) is 13.2 Å². The first kappa shape index (κ1) is 5.91. The van der Waals surface area contributed by atoms with Crippen molar-refractivity contribution >= 4 is 0 Å². The molecule has 0 saturated carbocycles. The van der Waals surface area contributed by atoms with Gasteiger partial charge in [-0.15, -0.1) is 0 Å². The van der Waals surface area contributed by atoms with Crippen LogP contribution in [-0.4, -0.2) is 25.2 Å². The van der Waals surface area contributed by atoms with Gasteiger partial charge in [0.25, 0.3) is 6.43 Å². The van der Waals surface area contributed by atoms with Crippen molar-refractivity contribution in [3.63, 3.8) is 0 Å². The lowest BCUT2D eigenvalue weighted by Crippen LogP contribution is -2.62. The number of ether oxygens (including phenoxy) is 1. The summed E-state index contributed by atoms with van der Waals surface area (Å²) in [5.74, 6) is 0. The molecule has 0 aliphatic carbocycles.